The highest BCUT2D eigenvalue weighted by Gasteiger charge is 2.06. The topological polar surface area (TPSA) is 86.5 Å². The van der Waals surface area contributed by atoms with Crippen LogP contribution in [-0.4, -0.2) is 15.2 Å². The maximum absolute atomic E-state index is 9.11. The second-order valence-corrected chi connectivity index (χ2v) is 4.96. The largest absolute Gasteiger partial charge is 0.338 e. The second-order valence-electron chi connectivity index (χ2n) is 4.55. The Morgan fingerprint density at radius 2 is 1.70 bits per heavy atom. The van der Waals surface area contributed by atoms with Crippen LogP contribution in [0.25, 0.3) is 0 Å². The van der Waals surface area contributed by atoms with Gasteiger partial charge in [0.15, 0.2) is 5.82 Å². The Bertz CT molecular complexity index is 874. The molecule has 0 aliphatic heterocycles. The number of nitrogens with zero attached hydrogens (tertiary/aromatic N) is 4. The van der Waals surface area contributed by atoms with Gasteiger partial charge < -0.3 is 10.6 Å². The number of nitriles is 1. The van der Waals surface area contributed by atoms with E-state index in [1.807, 2.05) is 24.3 Å². The lowest BCUT2D eigenvalue weighted by atomic mass is 10.2. The Hall–Kier alpha value is -3.17. The number of rotatable bonds is 4. The molecule has 2 aromatic carbocycles. The molecule has 0 amide bonds. The minimum atomic E-state index is 0.303. The highest BCUT2D eigenvalue weighted by Crippen LogP contribution is 2.24. The molecule has 1 aromatic heterocycles. The lowest BCUT2D eigenvalue weighted by Crippen LogP contribution is -2.03. The lowest BCUT2D eigenvalue weighted by molar-refractivity contribution is 0.982. The van der Waals surface area contributed by atoms with E-state index in [1.165, 1.54) is 6.20 Å². The highest BCUT2D eigenvalue weighted by molar-refractivity contribution is 6.33. The average Bonchev–Trinajstić information content (AvgIpc) is 2.58. The molecule has 0 spiro atoms. The van der Waals surface area contributed by atoms with Crippen LogP contribution in [0.15, 0.2) is 54.7 Å². The van der Waals surface area contributed by atoms with Gasteiger partial charge in [0.05, 0.1) is 28.2 Å². The van der Waals surface area contributed by atoms with Gasteiger partial charge in [-0.25, -0.2) is 0 Å². The number of hydrogen-bond acceptors (Lipinski definition) is 6. The van der Waals surface area contributed by atoms with Crippen LogP contribution in [0.4, 0.5) is 23.1 Å². The van der Waals surface area contributed by atoms with Crippen LogP contribution in [0.3, 0.4) is 0 Å². The monoisotopic (exact) mass is 322 g/mol. The summed E-state index contributed by atoms with van der Waals surface area (Å²) < 4.78 is 0. The highest BCUT2D eigenvalue weighted by atomic mass is 35.5. The fourth-order valence-corrected chi connectivity index (χ4v) is 2.11. The Labute approximate surface area is 137 Å². The van der Waals surface area contributed by atoms with E-state index in [2.05, 4.69) is 31.9 Å². The molecule has 3 aromatic rings. The predicted octanol–water partition coefficient (Wildman–Crippen LogP) is 3.88. The first-order chi connectivity index (χ1) is 11.3. The molecule has 0 bridgehead atoms. The fourth-order valence-electron chi connectivity index (χ4n) is 1.93. The second kappa shape index (κ2) is 6.73. The minimum absolute atomic E-state index is 0.303. The number of aromatic nitrogens is 3. The average molecular weight is 323 g/mol. The van der Waals surface area contributed by atoms with Crippen molar-refractivity contribution in [2.75, 3.05) is 10.6 Å². The molecular weight excluding hydrogens is 312 g/mol. The summed E-state index contributed by atoms with van der Waals surface area (Å²) >= 11 is 6.09. The van der Waals surface area contributed by atoms with Gasteiger partial charge >= 0.3 is 0 Å². The lowest BCUT2D eigenvalue weighted by Gasteiger charge is -2.09. The molecule has 0 atom stereocenters. The van der Waals surface area contributed by atoms with Gasteiger partial charge in [-0.05, 0) is 24.3 Å². The molecule has 112 valence electrons. The Balaban J connectivity index is 1.83. The van der Waals surface area contributed by atoms with Crippen molar-refractivity contribution in [3.63, 3.8) is 0 Å². The van der Waals surface area contributed by atoms with Crippen molar-refractivity contribution in [3.8, 4) is 6.07 Å². The van der Waals surface area contributed by atoms with E-state index in [4.69, 9.17) is 16.9 Å². The zero-order valence-electron chi connectivity index (χ0n) is 11.9. The van der Waals surface area contributed by atoms with Crippen molar-refractivity contribution in [2.24, 2.45) is 0 Å². The van der Waals surface area contributed by atoms with Gasteiger partial charge in [0.2, 0.25) is 5.95 Å². The van der Waals surface area contributed by atoms with E-state index in [-0.39, 0.29) is 0 Å². The third-order valence-electron chi connectivity index (χ3n) is 2.99. The summed E-state index contributed by atoms with van der Waals surface area (Å²) in [6, 6.07) is 16.5. The van der Waals surface area contributed by atoms with Crippen LogP contribution >= 0.6 is 11.6 Å². The molecule has 3 rings (SSSR count). The van der Waals surface area contributed by atoms with Gasteiger partial charge in [0, 0.05) is 0 Å². The number of halogens is 1. The van der Waals surface area contributed by atoms with Crippen molar-refractivity contribution >= 4 is 34.7 Å². The fraction of sp³-hybridized carbons (Fsp3) is 0. The number of nitrogens with one attached hydrogen (secondary N) is 2. The summed E-state index contributed by atoms with van der Waals surface area (Å²) in [6.07, 6.45) is 1.48. The zero-order chi connectivity index (χ0) is 16.1. The molecule has 0 unspecified atom stereocenters. The zero-order valence-corrected chi connectivity index (χ0v) is 12.6. The molecule has 2 N–H and O–H groups in total. The Morgan fingerprint density at radius 1 is 0.957 bits per heavy atom. The van der Waals surface area contributed by atoms with Crippen molar-refractivity contribution < 1.29 is 0 Å². The molecule has 7 heteroatoms. The molecule has 0 radical (unpaired) electrons. The van der Waals surface area contributed by atoms with Gasteiger partial charge in [0.1, 0.15) is 6.07 Å². The summed E-state index contributed by atoms with van der Waals surface area (Å²) in [7, 11) is 0. The van der Waals surface area contributed by atoms with Crippen molar-refractivity contribution in [3.05, 3.63) is 65.3 Å². The third kappa shape index (κ3) is 3.54. The molecule has 1 heterocycles. The van der Waals surface area contributed by atoms with Gasteiger partial charge in [-0.15, -0.1) is 5.10 Å². The van der Waals surface area contributed by atoms with Crippen molar-refractivity contribution in [1.29, 1.82) is 5.26 Å². The first-order valence-electron chi connectivity index (χ1n) is 6.73. The van der Waals surface area contributed by atoms with E-state index in [0.717, 1.165) is 0 Å². The van der Waals surface area contributed by atoms with Gasteiger partial charge in [-0.1, -0.05) is 35.9 Å². The van der Waals surface area contributed by atoms with Crippen LogP contribution in [0.5, 0.6) is 0 Å². The van der Waals surface area contributed by atoms with Crippen molar-refractivity contribution in [2.45, 2.75) is 0 Å². The number of anilines is 4. The number of benzene rings is 2. The summed E-state index contributed by atoms with van der Waals surface area (Å²) in [5.74, 6) is 0.773. The summed E-state index contributed by atoms with van der Waals surface area (Å²) in [6.45, 7) is 0. The number of para-hydroxylation sites is 2. The van der Waals surface area contributed by atoms with E-state index in [1.54, 1.807) is 24.3 Å². The van der Waals surface area contributed by atoms with Crippen molar-refractivity contribution in [1.82, 2.24) is 15.2 Å². The van der Waals surface area contributed by atoms with Crippen LogP contribution in [0.1, 0.15) is 5.56 Å². The van der Waals surface area contributed by atoms with E-state index in [9.17, 15) is 0 Å². The summed E-state index contributed by atoms with van der Waals surface area (Å²) in [4.78, 5) is 4.32. The third-order valence-corrected chi connectivity index (χ3v) is 3.32. The van der Waals surface area contributed by atoms with Crippen LogP contribution < -0.4 is 10.6 Å². The molecule has 0 saturated heterocycles. The first-order valence-corrected chi connectivity index (χ1v) is 7.11. The van der Waals surface area contributed by atoms with E-state index >= 15 is 0 Å². The maximum atomic E-state index is 9.11. The maximum Gasteiger partial charge on any atom is 0.249 e. The van der Waals surface area contributed by atoms with E-state index < -0.39 is 0 Å². The smallest absolute Gasteiger partial charge is 0.249 e. The molecule has 0 aliphatic rings. The number of hydrogen-bond donors (Lipinski definition) is 2. The van der Waals surface area contributed by atoms with Gasteiger partial charge in [-0.3, -0.25) is 0 Å². The molecule has 6 nitrogen and oxygen atoms in total. The summed E-state index contributed by atoms with van der Waals surface area (Å²) in [5.41, 5.74) is 1.86. The molecule has 23 heavy (non-hydrogen) atoms. The molecule has 0 fully saturated rings. The van der Waals surface area contributed by atoms with Gasteiger partial charge in [-0.2, -0.15) is 15.3 Å². The standard InChI is InChI=1S/C16H11ClN6/c17-12-6-2-4-8-14(12)21-16-22-15(10-19-23-16)20-13-7-3-1-5-11(13)9-18/h1-8,10H,(H2,20,21,22,23). The quantitative estimate of drug-likeness (QED) is 0.758. The van der Waals surface area contributed by atoms with Crippen LogP contribution in [0.2, 0.25) is 5.02 Å². The predicted molar refractivity (Wildman–Crippen MR) is 89.0 cm³/mol. The molecular formula is C16H11ClN6. The SMILES string of the molecule is N#Cc1ccccc1Nc1cnnc(Nc2ccccc2Cl)n1. The molecule has 0 saturated carbocycles. The van der Waals surface area contributed by atoms with E-state index in [0.29, 0.717) is 33.7 Å². The van der Waals surface area contributed by atoms with Crippen LogP contribution in [-0.2, 0) is 0 Å². The summed E-state index contributed by atoms with van der Waals surface area (Å²) in [5, 5.41) is 23.6. The van der Waals surface area contributed by atoms with Crippen LogP contribution in [0, 0.1) is 11.3 Å². The Morgan fingerprint density at radius 3 is 2.48 bits per heavy atom. The van der Waals surface area contributed by atoms with Gasteiger partial charge in [0.25, 0.3) is 0 Å². The minimum Gasteiger partial charge on any atom is -0.338 e. The normalized spacial score (nSPS) is 9.91. The Kier molecular flexibility index (Phi) is 4.32. The molecule has 0 aliphatic carbocycles. The first kappa shape index (κ1) is 14.8.